The summed E-state index contributed by atoms with van der Waals surface area (Å²) in [6.45, 7) is 5.06. The number of hydrogen-bond donors (Lipinski definition) is 1. The number of nitrogens with zero attached hydrogens (tertiary/aromatic N) is 1. The van der Waals surface area contributed by atoms with Crippen LogP contribution in [0.5, 0.6) is 5.75 Å². The van der Waals surface area contributed by atoms with Gasteiger partial charge in [0.05, 0.1) is 18.5 Å². The Morgan fingerprint density at radius 1 is 1.11 bits per heavy atom. The van der Waals surface area contributed by atoms with Gasteiger partial charge in [-0.2, -0.15) is 0 Å². The van der Waals surface area contributed by atoms with Crippen molar-refractivity contribution in [3.05, 3.63) is 48.0 Å². The summed E-state index contributed by atoms with van der Waals surface area (Å²) in [5.74, 6) is 0.779. The van der Waals surface area contributed by atoms with Gasteiger partial charge in [0.1, 0.15) is 5.75 Å². The Labute approximate surface area is 114 Å². The number of methoxy groups -OCH3 is 1. The second-order valence-electron chi connectivity index (χ2n) is 4.50. The van der Waals surface area contributed by atoms with E-state index in [0.717, 1.165) is 29.4 Å². The number of nitrogen functional groups attached to an aromatic ring is 1. The summed E-state index contributed by atoms with van der Waals surface area (Å²) in [7, 11) is 1.64. The van der Waals surface area contributed by atoms with Crippen LogP contribution in [0.1, 0.15) is 12.5 Å². The molecule has 2 N–H and O–H groups in total. The van der Waals surface area contributed by atoms with Crippen molar-refractivity contribution in [2.45, 2.75) is 13.8 Å². The third-order valence-electron chi connectivity index (χ3n) is 3.19. The Bertz CT molecular complexity index is 549. The van der Waals surface area contributed by atoms with E-state index >= 15 is 0 Å². The van der Waals surface area contributed by atoms with Gasteiger partial charge in [-0.3, -0.25) is 0 Å². The lowest BCUT2D eigenvalue weighted by Crippen LogP contribution is -2.17. The fourth-order valence-electron chi connectivity index (χ4n) is 2.12. The Hall–Kier alpha value is -2.16. The molecular formula is C16H20N2O. The molecule has 0 saturated heterocycles. The number of rotatable bonds is 4. The molecule has 2 aromatic rings. The third-order valence-corrected chi connectivity index (χ3v) is 3.19. The van der Waals surface area contributed by atoms with Gasteiger partial charge in [-0.15, -0.1) is 0 Å². The van der Waals surface area contributed by atoms with Crippen LogP contribution >= 0.6 is 0 Å². The highest BCUT2D eigenvalue weighted by molar-refractivity contribution is 5.76. The topological polar surface area (TPSA) is 38.5 Å². The SMILES string of the molecule is CCN(c1ccc(C)cc1)c1ccc(OC)cc1N. The second-order valence-corrected chi connectivity index (χ2v) is 4.50. The summed E-state index contributed by atoms with van der Waals surface area (Å²) in [5.41, 5.74) is 10.2. The highest BCUT2D eigenvalue weighted by Crippen LogP contribution is 2.32. The molecule has 0 amide bonds. The third kappa shape index (κ3) is 2.81. The van der Waals surface area contributed by atoms with Gasteiger partial charge < -0.3 is 15.4 Å². The van der Waals surface area contributed by atoms with Crippen LogP contribution in [0.15, 0.2) is 42.5 Å². The average molecular weight is 256 g/mol. The van der Waals surface area contributed by atoms with Crippen molar-refractivity contribution in [2.75, 3.05) is 24.3 Å². The summed E-state index contributed by atoms with van der Waals surface area (Å²) in [4.78, 5) is 2.19. The minimum atomic E-state index is 0.724. The van der Waals surface area contributed by atoms with Crippen molar-refractivity contribution in [3.8, 4) is 5.75 Å². The summed E-state index contributed by atoms with van der Waals surface area (Å²) in [6, 6.07) is 14.2. The van der Waals surface area contributed by atoms with Crippen molar-refractivity contribution in [3.63, 3.8) is 0 Å². The van der Waals surface area contributed by atoms with Crippen LogP contribution in [0.3, 0.4) is 0 Å². The van der Waals surface area contributed by atoms with Crippen LogP contribution in [-0.4, -0.2) is 13.7 Å². The predicted octanol–water partition coefficient (Wildman–Crippen LogP) is 3.74. The van der Waals surface area contributed by atoms with Gasteiger partial charge in [-0.25, -0.2) is 0 Å². The molecular weight excluding hydrogens is 236 g/mol. The molecule has 19 heavy (non-hydrogen) atoms. The molecule has 0 radical (unpaired) electrons. The van der Waals surface area contributed by atoms with E-state index in [-0.39, 0.29) is 0 Å². The number of hydrogen-bond acceptors (Lipinski definition) is 3. The van der Waals surface area contributed by atoms with Gasteiger partial charge in [-0.1, -0.05) is 17.7 Å². The van der Waals surface area contributed by atoms with E-state index in [1.54, 1.807) is 7.11 Å². The maximum absolute atomic E-state index is 6.12. The number of nitrogens with two attached hydrogens (primary N) is 1. The van der Waals surface area contributed by atoms with E-state index in [1.807, 2.05) is 18.2 Å². The van der Waals surface area contributed by atoms with Crippen LogP contribution in [0.2, 0.25) is 0 Å². The van der Waals surface area contributed by atoms with Crippen LogP contribution in [0, 0.1) is 6.92 Å². The molecule has 3 nitrogen and oxygen atoms in total. The van der Waals surface area contributed by atoms with E-state index < -0.39 is 0 Å². The zero-order chi connectivity index (χ0) is 13.8. The molecule has 3 heteroatoms. The quantitative estimate of drug-likeness (QED) is 0.847. The van der Waals surface area contributed by atoms with E-state index in [2.05, 4.69) is 43.0 Å². The molecule has 0 spiro atoms. The molecule has 0 atom stereocenters. The largest absolute Gasteiger partial charge is 0.497 e. The van der Waals surface area contributed by atoms with Crippen molar-refractivity contribution in [1.29, 1.82) is 0 Å². The first kappa shape index (κ1) is 13.3. The normalized spacial score (nSPS) is 10.3. The molecule has 0 unspecified atom stereocenters. The standard InChI is InChI=1S/C16H20N2O/c1-4-18(13-7-5-12(2)6-8-13)16-10-9-14(19-3)11-15(16)17/h5-11H,4,17H2,1-3H3. The molecule has 0 saturated carbocycles. The van der Waals surface area contributed by atoms with Gasteiger partial charge >= 0.3 is 0 Å². The number of aryl methyl sites for hydroxylation is 1. The molecule has 0 fully saturated rings. The van der Waals surface area contributed by atoms with Crippen molar-refractivity contribution < 1.29 is 4.74 Å². The smallest absolute Gasteiger partial charge is 0.121 e. The molecule has 0 bridgehead atoms. The van der Waals surface area contributed by atoms with Gasteiger partial charge in [0, 0.05) is 18.3 Å². The highest BCUT2D eigenvalue weighted by atomic mass is 16.5. The molecule has 0 aromatic heterocycles. The maximum Gasteiger partial charge on any atom is 0.121 e. The molecule has 2 aromatic carbocycles. The van der Waals surface area contributed by atoms with E-state index in [9.17, 15) is 0 Å². The van der Waals surface area contributed by atoms with Gasteiger partial charge in [0.25, 0.3) is 0 Å². The molecule has 0 aliphatic heterocycles. The lowest BCUT2D eigenvalue weighted by molar-refractivity contribution is 0.415. The van der Waals surface area contributed by atoms with Gasteiger partial charge in [0.2, 0.25) is 0 Å². The van der Waals surface area contributed by atoms with E-state index in [1.165, 1.54) is 5.56 Å². The van der Waals surface area contributed by atoms with Crippen molar-refractivity contribution in [1.82, 2.24) is 0 Å². The Morgan fingerprint density at radius 3 is 2.32 bits per heavy atom. The van der Waals surface area contributed by atoms with Crippen LogP contribution < -0.4 is 15.4 Å². The molecule has 2 rings (SSSR count). The van der Waals surface area contributed by atoms with E-state index in [0.29, 0.717) is 0 Å². The molecule has 100 valence electrons. The lowest BCUT2D eigenvalue weighted by atomic mass is 10.1. The minimum Gasteiger partial charge on any atom is -0.497 e. The number of anilines is 3. The molecule has 0 aliphatic carbocycles. The summed E-state index contributed by atoms with van der Waals surface area (Å²) in [5, 5.41) is 0. The zero-order valence-electron chi connectivity index (χ0n) is 11.7. The Kier molecular flexibility index (Phi) is 3.95. The Balaban J connectivity index is 2.39. The zero-order valence-corrected chi connectivity index (χ0v) is 11.7. The number of ether oxygens (including phenoxy) is 1. The molecule has 0 heterocycles. The highest BCUT2D eigenvalue weighted by Gasteiger charge is 2.10. The lowest BCUT2D eigenvalue weighted by Gasteiger charge is -2.25. The first-order chi connectivity index (χ1) is 9.15. The predicted molar refractivity (Wildman–Crippen MR) is 81.3 cm³/mol. The minimum absolute atomic E-state index is 0.724. The monoisotopic (exact) mass is 256 g/mol. The first-order valence-corrected chi connectivity index (χ1v) is 6.43. The van der Waals surface area contributed by atoms with Gasteiger partial charge in [0.15, 0.2) is 0 Å². The van der Waals surface area contributed by atoms with Crippen molar-refractivity contribution >= 4 is 17.1 Å². The van der Waals surface area contributed by atoms with E-state index in [4.69, 9.17) is 10.5 Å². The maximum atomic E-state index is 6.12. The second kappa shape index (κ2) is 5.65. The van der Waals surface area contributed by atoms with Crippen molar-refractivity contribution in [2.24, 2.45) is 0 Å². The van der Waals surface area contributed by atoms with Crippen LogP contribution in [-0.2, 0) is 0 Å². The fraction of sp³-hybridized carbons (Fsp3) is 0.250. The summed E-state index contributed by atoms with van der Waals surface area (Å²) >= 11 is 0. The molecule has 0 aliphatic rings. The average Bonchev–Trinajstić information content (AvgIpc) is 2.43. The van der Waals surface area contributed by atoms with Crippen LogP contribution in [0.4, 0.5) is 17.1 Å². The fourth-order valence-corrected chi connectivity index (χ4v) is 2.12. The first-order valence-electron chi connectivity index (χ1n) is 6.43. The summed E-state index contributed by atoms with van der Waals surface area (Å²) in [6.07, 6.45) is 0. The number of benzene rings is 2. The van der Waals surface area contributed by atoms with Gasteiger partial charge in [-0.05, 0) is 38.1 Å². The Morgan fingerprint density at radius 2 is 1.79 bits per heavy atom. The summed E-state index contributed by atoms with van der Waals surface area (Å²) < 4.78 is 5.19. The van der Waals surface area contributed by atoms with Crippen LogP contribution in [0.25, 0.3) is 0 Å².